The predicted molar refractivity (Wildman–Crippen MR) is 76.4 cm³/mol. The molecule has 18 heavy (non-hydrogen) atoms. The lowest BCUT2D eigenvalue weighted by molar-refractivity contribution is 0.281. The van der Waals surface area contributed by atoms with Crippen molar-refractivity contribution in [2.75, 3.05) is 5.73 Å². The van der Waals surface area contributed by atoms with E-state index < -0.39 is 0 Å². The first-order chi connectivity index (χ1) is 8.57. The largest absolute Gasteiger partial charge is 0.398 e. The Morgan fingerprint density at radius 2 is 1.56 bits per heavy atom. The van der Waals surface area contributed by atoms with E-state index in [2.05, 4.69) is 19.1 Å². The number of hydrogen-bond acceptors (Lipinski definition) is 2. The van der Waals surface area contributed by atoms with E-state index in [1.54, 1.807) is 0 Å². The maximum atomic E-state index is 9.64. The van der Waals surface area contributed by atoms with Gasteiger partial charge in [-0.25, -0.2) is 0 Å². The highest BCUT2D eigenvalue weighted by molar-refractivity contribution is 5.78. The van der Waals surface area contributed by atoms with Crippen molar-refractivity contribution in [3.63, 3.8) is 0 Å². The van der Waals surface area contributed by atoms with Gasteiger partial charge in [0.05, 0.1) is 6.61 Å². The summed E-state index contributed by atoms with van der Waals surface area (Å²) in [7, 11) is 0. The molecule has 0 radical (unpaired) electrons. The number of nitrogens with two attached hydrogens (primary N) is 1. The Morgan fingerprint density at radius 1 is 0.944 bits per heavy atom. The average Bonchev–Trinajstić information content (AvgIpc) is 2.41. The van der Waals surface area contributed by atoms with Gasteiger partial charge >= 0.3 is 0 Å². The first-order valence-corrected chi connectivity index (χ1v) is 6.12. The molecular formula is C16H19NO. The molecule has 3 N–H and O–H groups in total. The average molecular weight is 241 g/mol. The summed E-state index contributed by atoms with van der Waals surface area (Å²) < 4.78 is 0. The number of anilines is 1. The molecule has 0 heterocycles. The number of aliphatic hydroxyl groups excluding tert-OH is 1. The lowest BCUT2D eigenvalue weighted by Gasteiger charge is -2.19. The van der Waals surface area contributed by atoms with Crippen LogP contribution in [0.3, 0.4) is 0 Å². The van der Waals surface area contributed by atoms with Crippen LogP contribution in [0.2, 0.25) is 0 Å². The summed E-state index contributed by atoms with van der Waals surface area (Å²) in [4.78, 5) is 0. The quantitative estimate of drug-likeness (QED) is 0.792. The van der Waals surface area contributed by atoms with Crippen molar-refractivity contribution in [2.24, 2.45) is 0 Å². The van der Waals surface area contributed by atoms with Crippen LogP contribution in [-0.2, 0) is 6.61 Å². The number of benzene rings is 2. The monoisotopic (exact) mass is 241 g/mol. The van der Waals surface area contributed by atoms with Gasteiger partial charge in [0, 0.05) is 5.69 Å². The normalized spacial score (nSPS) is 10.7. The van der Waals surface area contributed by atoms with Gasteiger partial charge in [-0.1, -0.05) is 30.3 Å². The van der Waals surface area contributed by atoms with Gasteiger partial charge in [0.15, 0.2) is 0 Å². The highest BCUT2D eigenvalue weighted by Crippen LogP contribution is 2.35. The SMILES string of the molecule is Cc1c(C)c(-c2ccccc2)c(CO)c(C)c1N. The standard InChI is InChI=1S/C16H19NO/c1-10-11(2)16(17)12(3)14(9-18)15(10)13-7-5-4-6-8-13/h4-8,18H,9,17H2,1-3H3. The van der Waals surface area contributed by atoms with Crippen LogP contribution in [0, 0.1) is 20.8 Å². The molecule has 0 saturated carbocycles. The third-order valence-corrected chi connectivity index (χ3v) is 3.72. The highest BCUT2D eigenvalue weighted by atomic mass is 16.3. The third kappa shape index (κ3) is 1.89. The zero-order valence-corrected chi connectivity index (χ0v) is 11.1. The molecule has 0 bridgehead atoms. The second kappa shape index (κ2) is 4.83. The molecule has 0 aliphatic carbocycles. The van der Waals surface area contributed by atoms with Gasteiger partial charge < -0.3 is 10.8 Å². The van der Waals surface area contributed by atoms with Gasteiger partial charge in [0.25, 0.3) is 0 Å². The van der Waals surface area contributed by atoms with E-state index in [9.17, 15) is 5.11 Å². The molecule has 0 unspecified atom stereocenters. The second-order valence-corrected chi connectivity index (χ2v) is 4.67. The van der Waals surface area contributed by atoms with Crippen molar-refractivity contribution in [1.29, 1.82) is 0 Å². The van der Waals surface area contributed by atoms with Crippen LogP contribution in [0.4, 0.5) is 5.69 Å². The highest BCUT2D eigenvalue weighted by Gasteiger charge is 2.16. The van der Waals surface area contributed by atoms with Gasteiger partial charge in [-0.3, -0.25) is 0 Å². The molecule has 0 atom stereocenters. The fourth-order valence-corrected chi connectivity index (χ4v) is 2.44. The van der Waals surface area contributed by atoms with Crippen LogP contribution in [-0.4, -0.2) is 5.11 Å². The summed E-state index contributed by atoms with van der Waals surface area (Å²) in [6.07, 6.45) is 0. The minimum absolute atomic E-state index is 0.0153. The van der Waals surface area contributed by atoms with E-state index in [1.165, 1.54) is 0 Å². The Bertz CT molecular complexity index is 574. The Morgan fingerprint density at radius 3 is 2.11 bits per heavy atom. The fourth-order valence-electron chi connectivity index (χ4n) is 2.44. The van der Waals surface area contributed by atoms with Crippen molar-refractivity contribution in [3.8, 4) is 11.1 Å². The fraction of sp³-hybridized carbons (Fsp3) is 0.250. The smallest absolute Gasteiger partial charge is 0.0691 e. The van der Waals surface area contributed by atoms with Crippen molar-refractivity contribution in [3.05, 3.63) is 52.6 Å². The van der Waals surface area contributed by atoms with Crippen molar-refractivity contribution in [1.82, 2.24) is 0 Å². The van der Waals surface area contributed by atoms with Crippen molar-refractivity contribution >= 4 is 5.69 Å². The molecule has 2 rings (SSSR count). The summed E-state index contributed by atoms with van der Waals surface area (Å²) in [6, 6.07) is 10.1. The first kappa shape index (κ1) is 12.7. The number of aliphatic hydroxyl groups is 1. The van der Waals surface area contributed by atoms with Crippen molar-refractivity contribution < 1.29 is 5.11 Å². The van der Waals surface area contributed by atoms with Crippen LogP contribution in [0.1, 0.15) is 22.3 Å². The maximum Gasteiger partial charge on any atom is 0.0691 e. The number of rotatable bonds is 2. The van der Waals surface area contributed by atoms with Crippen LogP contribution in [0.25, 0.3) is 11.1 Å². The number of nitrogen functional groups attached to an aromatic ring is 1. The Kier molecular flexibility index (Phi) is 3.39. The molecule has 0 fully saturated rings. The van der Waals surface area contributed by atoms with Crippen molar-refractivity contribution in [2.45, 2.75) is 27.4 Å². The third-order valence-electron chi connectivity index (χ3n) is 3.72. The Balaban J connectivity index is 2.82. The maximum absolute atomic E-state index is 9.64. The summed E-state index contributed by atoms with van der Waals surface area (Å²) in [5, 5.41) is 9.64. The summed E-state index contributed by atoms with van der Waals surface area (Å²) in [5.74, 6) is 0. The summed E-state index contributed by atoms with van der Waals surface area (Å²) in [6.45, 7) is 6.08. The van der Waals surface area contributed by atoms with E-state index in [1.807, 2.05) is 32.0 Å². The van der Waals surface area contributed by atoms with Gasteiger partial charge in [0.2, 0.25) is 0 Å². The molecule has 0 aliphatic heterocycles. The molecular weight excluding hydrogens is 222 g/mol. The van der Waals surface area contributed by atoms with E-state index in [4.69, 9.17) is 5.73 Å². The molecule has 2 aromatic carbocycles. The first-order valence-electron chi connectivity index (χ1n) is 6.12. The molecule has 0 aromatic heterocycles. The van der Waals surface area contributed by atoms with Crippen LogP contribution >= 0.6 is 0 Å². The lowest BCUT2D eigenvalue weighted by atomic mass is 9.88. The zero-order valence-electron chi connectivity index (χ0n) is 11.1. The van der Waals surface area contributed by atoms with Crippen LogP contribution in [0.5, 0.6) is 0 Å². The van der Waals surface area contributed by atoms with E-state index in [-0.39, 0.29) is 6.61 Å². The molecule has 0 amide bonds. The Labute approximate surface area is 108 Å². The zero-order chi connectivity index (χ0) is 13.3. The molecule has 2 nitrogen and oxygen atoms in total. The number of hydrogen-bond donors (Lipinski definition) is 2. The minimum Gasteiger partial charge on any atom is -0.398 e. The summed E-state index contributed by atoms with van der Waals surface area (Å²) in [5.41, 5.74) is 13.3. The van der Waals surface area contributed by atoms with Gasteiger partial charge in [-0.2, -0.15) is 0 Å². The van der Waals surface area contributed by atoms with E-state index in [0.717, 1.165) is 39.1 Å². The predicted octanol–water partition coefficient (Wildman–Crippen LogP) is 3.35. The molecule has 0 aliphatic rings. The van der Waals surface area contributed by atoms with Gasteiger partial charge in [0.1, 0.15) is 0 Å². The topological polar surface area (TPSA) is 46.2 Å². The summed E-state index contributed by atoms with van der Waals surface area (Å²) >= 11 is 0. The molecule has 0 saturated heterocycles. The lowest BCUT2D eigenvalue weighted by Crippen LogP contribution is -2.05. The molecule has 0 spiro atoms. The second-order valence-electron chi connectivity index (χ2n) is 4.67. The minimum atomic E-state index is 0.0153. The van der Waals surface area contributed by atoms with Gasteiger partial charge in [-0.05, 0) is 54.2 Å². The van der Waals surface area contributed by atoms with E-state index >= 15 is 0 Å². The van der Waals surface area contributed by atoms with Gasteiger partial charge in [-0.15, -0.1) is 0 Å². The molecule has 2 aromatic rings. The van der Waals surface area contributed by atoms with Crippen LogP contribution < -0.4 is 5.73 Å². The molecule has 94 valence electrons. The van der Waals surface area contributed by atoms with E-state index in [0.29, 0.717) is 0 Å². The molecule has 2 heteroatoms. The Hall–Kier alpha value is -1.80. The van der Waals surface area contributed by atoms with Crippen LogP contribution in [0.15, 0.2) is 30.3 Å².